The second kappa shape index (κ2) is 7.43. The van der Waals surface area contributed by atoms with E-state index in [2.05, 4.69) is 20.8 Å². The van der Waals surface area contributed by atoms with Crippen LogP contribution in [0.25, 0.3) is 11.0 Å². The minimum Gasteiger partial charge on any atom is -0.497 e. The van der Waals surface area contributed by atoms with E-state index < -0.39 is 0 Å². The molecule has 25 heavy (non-hydrogen) atoms. The molecule has 1 heterocycles. The zero-order valence-electron chi connectivity index (χ0n) is 13.8. The molecule has 3 rings (SSSR count). The van der Waals surface area contributed by atoms with Crippen molar-refractivity contribution in [1.82, 2.24) is 20.4 Å². The van der Waals surface area contributed by atoms with Crippen LogP contribution in [0.2, 0.25) is 0 Å². The van der Waals surface area contributed by atoms with Gasteiger partial charge in [-0.15, -0.1) is 5.10 Å². The second-order valence-electron chi connectivity index (χ2n) is 5.14. The molecule has 1 aromatic heterocycles. The Morgan fingerprint density at radius 3 is 2.88 bits per heavy atom. The van der Waals surface area contributed by atoms with Gasteiger partial charge in [0.2, 0.25) is 0 Å². The Morgan fingerprint density at radius 1 is 1.24 bits per heavy atom. The lowest BCUT2D eigenvalue weighted by Crippen LogP contribution is -2.23. The number of rotatable bonds is 6. The standard InChI is InChI=1S/C17H17N5O3/c1-24-13-8-7-12(16(9-13)25-2)10-18-20-17(23)11-22-15-6-4-3-5-14(15)19-21-22/h3-10H,11H2,1-2H3,(H,20,23)/b18-10+. The number of carbonyl (C=O) groups excluding carboxylic acids is 1. The van der Waals surface area contributed by atoms with Gasteiger partial charge in [0.05, 0.1) is 26.0 Å². The van der Waals surface area contributed by atoms with E-state index in [9.17, 15) is 4.79 Å². The van der Waals surface area contributed by atoms with Crippen LogP contribution in [0.3, 0.4) is 0 Å². The lowest BCUT2D eigenvalue weighted by atomic mass is 10.2. The summed E-state index contributed by atoms with van der Waals surface area (Å²) in [5.74, 6) is 0.968. The molecule has 2 aromatic carbocycles. The van der Waals surface area contributed by atoms with Gasteiger partial charge in [0.15, 0.2) is 0 Å². The van der Waals surface area contributed by atoms with Crippen LogP contribution in [0.5, 0.6) is 11.5 Å². The largest absolute Gasteiger partial charge is 0.497 e. The number of carbonyl (C=O) groups is 1. The molecule has 0 fully saturated rings. The van der Waals surface area contributed by atoms with Gasteiger partial charge in [-0.25, -0.2) is 10.1 Å². The van der Waals surface area contributed by atoms with Gasteiger partial charge in [-0.3, -0.25) is 4.79 Å². The van der Waals surface area contributed by atoms with Crippen LogP contribution < -0.4 is 14.9 Å². The number of aromatic nitrogens is 3. The maximum absolute atomic E-state index is 12.0. The highest BCUT2D eigenvalue weighted by atomic mass is 16.5. The van der Waals surface area contributed by atoms with E-state index in [-0.39, 0.29) is 12.5 Å². The molecule has 0 radical (unpaired) electrons. The summed E-state index contributed by atoms with van der Waals surface area (Å²) in [5, 5.41) is 11.9. The molecule has 0 bridgehead atoms. The van der Waals surface area contributed by atoms with E-state index in [1.54, 1.807) is 32.4 Å². The van der Waals surface area contributed by atoms with Crippen LogP contribution in [-0.2, 0) is 11.3 Å². The molecule has 0 aliphatic rings. The smallest absolute Gasteiger partial charge is 0.261 e. The molecule has 8 heteroatoms. The van der Waals surface area contributed by atoms with E-state index >= 15 is 0 Å². The third-order valence-electron chi connectivity index (χ3n) is 3.55. The van der Waals surface area contributed by atoms with Crippen LogP contribution >= 0.6 is 0 Å². The summed E-state index contributed by atoms with van der Waals surface area (Å²) in [6, 6.07) is 12.7. The van der Waals surface area contributed by atoms with Crippen LogP contribution in [-0.4, -0.2) is 41.3 Å². The number of hydrogen-bond acceptors (Lipinski definition) is 6. The third kappa shape index (κ3) is 3.74. The highest BCUT2D eigenvalue weighted by Crippen LogP contribution is 2.22. The van der Waals surface area contributed by atoms with Crippen molar-refractivity contribution < 1.29 is 14.3 Å². The van der Waals surface area contributed by atoms with Gasteiger partial charge in [0.1, 0.15) is 23.6 Å². The Kier molecular flexibility index (Phi) is 4.89. The zero-order valence-corrected chi connectivity index (χ0v) is 13.8. The molecule has 0 aliphatic carbocycles. The van der Waals surface area contributed by atoms with Gasteiger partial charge in [0.25, 0.3) is 5.91 Å². The first kappa shape index (κ1) is 16.4. The van der Waals surface area contributed by atoms with Crippen molar-refractivity contribution in [2.24, 2.45) is 5.10 Å². The number of para-hydroxylation sites is 1. The van der Waals surface area contributed by atoms with E-state index in [1.165, 1.54) is 10.9 Å². The molecule has 0 atom stereocenters. The number of benzene rings is 2. The molecule has 1 N–H and O–H groups in total. The van der Waals surface area contributed by atoms with E-state index in [0.29, 0.717) is 11.5 Å². The summed E-state index contributed by atoms with van der Waals surface area (Å²) in [5.41, 5.74) is 4.71. The molecule has 0 saturated heterocycles. The Morgan fingerprint density at radius 2 is 2.08 bits per heavy atom. The van der Waals surface area contributed by atoms with Crippen molar-refractivity contribution in [3.63, 3.8) is 0 Å². The number of hydrogen-bond donors (Lipinski definition) is 1. The molecule has 0 spiro atoms. The predicted molar refractivity (Wildman–Crippen MR) is 92.8 cm³/mol. The number of nitrogens with zero attached hydrogens (tertiary/aromatic N) is 4. The number of amides is 1. The first-order chi connectivity index (χ1) is 12.2. The van der Waals surface area contributed by atoms with Crippen LogP contribution in [0, 0.1) is 0 Å². The molecule has 3 aromatic rings. The number of hydrazone groups is 1. The van der Waals surface area contributed by atoms with E-state index in [4.69, 9.17) is 9.47 Å². The van der Waals surface area contributed by atoms with Crippen molar-refractivity contribution in [3.05, 3.63) is 48.0 Å². The molecule has 0 saturated carbocycles. The monoisotopic (exact) mass is 339 g/mol. The van der Waals surface area contributed by atoms with Crippen molar-refractivity contribution in [1.29, 1.82) is 0 Å². The molecule has 1 amide bonds. The fourth-order valence-corrected chi connectivity index (χ4v) is 2.30. The quantitative estimate of drug-likeness (QED) is 0.544. The van der Waals surface area contributed by atoms with E-state index in [0.717, 1.165) is 16.6 Å². The molecule has 0 aliphatic heterocycles. The Balaban J connectivity index is 1.65. The highest BCUT2D eigenvalue weighted by molar-refractivity contribution is 5.86. The van der Waals surface area contributed by atoms with Gasteiger partial charge >= 0.3 is 0 Å². The normalized spacial score (nSPS) is 11.0. The Hall–Kier alpha value is -3.42. The lowest BCUT2D eigenvalue weighted by molar-refractivity contribution is -0.121. The van der Waals surface area contributed by atoms with Gasteiger partial charge < -0.3 is 9.47 Å². The average Bonchev–Trinajstić information content (AvgIpc) is 3.05. The van der Waals surface area contributed by atoms with Crippen molar-refractivity contribution in [2.45, 2.75) is 6.54 Å². The predicted octanol–water partition coefficient (Wildman–Crippen LogP) is 1.60. The third-order valence-corrected chi connectivity index (χ3v) is 3.55. The summed E-state index contributed by atoms with van der Waals surface area (Å²) in [4.78, 5) is 12.0. The molecule has 0 unspecified atom stereocenters. The fraction of sp³-hybridized carbons (Fsp3) is 0.176. The summed E-state index contributed by atoms with van der Waals surface area (Å²) in [6.45, 7) is 0.0254. The van der Waals surface area contributed by atoms with Crippen LogP contribution in [0.15, 0.2) is 47.6 Å². The number of methoxy groups -OCH3 is 2. The first-order valence-corrected chi connectivity index (χ1v) is 7.53. The molecular formula is C17H17N5O3. The maximum Gasteiger partial charge on any atom is 0.261 e. The summed E-state index contributed by atoms with van der Waals surface area (Å²) >= 11 is 0. The SMILES string of the molecule is COc1ccc(/C=N/NC(=O)Cn2nnc3ccccc32)c(OC)c1. The number of fused-ring (bicyclic) bond motifs is 1. The Bertz CT molecular complexity index is 920. The van der Waals surface area contributed by atoms with Crippen LogP contribution in [0.4, 0.5) is 0 Å². The fourth-order valence-electron chi connectivity index (χ4n) is 2.30. The minimum absolute atomic E-state index is 0.0254. The number of nitrogens with one attached hydrogen (secondary N) is 1. The van der Waals surface area contributed by atoms with Crippen molar-refractivity contribution >= 4 is 23.2 Å². The summed E-state index contributed by atoms with van der Waals surface area (Å²) in [6.07, 6.45) is 1.51. The summed E-state index contributed by atoms with van der Waals surface area (Å²) < 4.78 is 11.9. The van der Waals surface area contributed by atoms with Crippen molar-refractivity contribution in [3.8, 4) is 11.5 Å². The lowest BCUT2D eigenvalue weighted by Gasteiger charge is -2.07. The second-order valence-corrected chi connectivity index (χ2v) is 5.14. The topological polar surface area (TPSA) is 90.6 Å². The number of ether oxygens (including phenoxy) is 2. The van der Waals surface area contributed by atoms with Gasteiger partial charge in [-0.05, 0) is 24.3 Å². The molecular weight excluding hydrogens is 322 g/mol. The van der Waals surface area contributed by atoms with Crippen molar-refractivity contribution in [2.75, 3.05) is 14.2 Å². The van der Waals surface area contributed by atoms with Crippen LogP contribution in [0.1, 0.15) is 5.56 Å². The van der Waals surface area contributed by atoms with Gasteiger partial charge in [-0.1, -0.05) is 17.3 Å². The molecule has 8 nitrogen and oxygen atoms in total. The maximum atomic E-state index is 12.0. The average molecular weight is 339 g/mol. The highest BCUT2D eigenvalue weighted by Gasteiger charge is 2.08. The van der Waals surface area contributed by atoms with E-state index in [1.807, 2.05) is 24.3 Å². The zero-order chi connectivity index (χ0) is 17.6. The Labute approximate surface area is 144 Å². The van der Waals surface area contributed by atoms with Gasteiger partial charge in [0, 0.05) is 11.6 Å². The molecule has 128 valence electrons. The first-order valence-electron chi connectivity index (χ1n) is 7.53. The summed E-state index contributed by atoms with van der Waals surface area (Å²) in [7, 11) is 3.14. The van der Waals surface area contributed by atoms with Gasteiger partial charge in [-0.2, -0.15) is 5.10 Å². The minimum atomic E-state index is -0.306.